The molecule has 6 rings (SSSR count). The van der Waals surface area contributed by atoms with Gasteiger partial charge in [0.25, 0.3) is 0 Å². The van der Waals surface area contributed by atoms with E-state index >= 15 is 0 Å². The molecule has 450 valence electrons. The van der Waals surface area contributed by atoms with Gasteiger partial charge in [0, 0.05) is 85.1 Å². The standard InChI is InChI=1S/C61H92N6O13S/c1-60(2)48-15-9-11-17-51(48)66(26-31-75-38-41-79-44-43-77-34-33-71-5)54(60)20-7-6-8-21-55-61(3,4)49-16-10-12-18-52(49)67(55)27-32-76-39-42-80-46-45-78-40-35-72-28-23-57(69)63-25-30-74-37-36-73-29-24-62-56(68)22-14-13-19-53-58-50(47-81-53)64-59(70)65-58/h6-12,15-18,20-21,50,53,58H,13-14,19,22-47H2,1-5H3,(H3-,62,63,64,65,68,69,70)/p+1. The topological polar surface area (TPSA) is 198 Å². The van der Waals surface area contributed by atoms with E-state index in [9.17, 15) is 14.4 Å². The molecule has 0 aliphatic carbocycles. The van der Waals surface area contributed by atoms with E-state index in [-0.39, 0.29) is 47.2 Å². The summed E-state index contributed by atoms with van der Waals surface area (Å²) in [5.74, 6) is 0.863. The Hall–Kier alpha value is -4.71. The molecule has 0 saturated carbocycles. The lowest BCUT2D eigenvalue weighted by Crippen LogP contribution is -2.36. The number of rotatable bonds is 44. The number of nitrogens with zero attached hydrogens (tertiary/aromatic N) is 2. The highest BCUT2D eigenvalue weighted by Gasteiger charge is 2.45. The lowest BCUT2D eigenvalue weighted by molar-refractivity contribution is -0.442. The highest BCUT2D eigenvalue weighted by Crippen LogP contribution is 2.47. The van der Waals surface area contributed by atoms with Gasteiger partial charge in [-0.15, -0.1) is 0 Å². The average Bonchev–Trinajstić information content (AvgIpc) is 4.36. The molecule has 2 saturated heterocycles. The number of urea groups is 1. The second-order valence-electron chi connectivity index (χ2n) is 21.1. The van der Waals surface area contributed by atoms with Crippen LogP contribution in [0, 0.1) is 0 Å². The van der Waals surface area contributed by atoms with Crippen LogP contribution in [0.2, 0.25) is 0 Å². The Morgan fingerprint density at radius 2 is 1.19 bits per heavy atom. The van der Waals surface area contributed by atoms with E-state index in [1.54, 1.807) is 7.11 Å². The van der Waals surface area contributed by atoms with E-state index in [0.29, 0.717) is 157 Å². The van der Waals surface area contributed by atoms with Crippen molar-refractivity contribution in [2.75, 3.05) is 169 Å². The van der Waals surface area contributed by atoms with Crippen molar-refractivity contribution in [2.24, 2.45) is 0 Å². The van der Waals surface area contributed by atoms with E-state index in [2.05, 4.69) is 137 Å². The number of anilines is 1. The quantitative estimate of drug-likeness (QED) is 0.0261. The van der Waals surface area contributed by atoms with Gasteiger partial charge in [-0.25, -0.2) is 4.79 Å². The summed E-state index contributed by atoms with van der Waals surface area (Å²) in [5.41, 5.74) is 7.11. The molecule has 3 unspecified atom stereocenters. The number of carbonyl (C=O) groups is 3. The largest absolute Gasteiger partial charge is 0.382 e. The van der Waals surface area contributed by atoms with Crippen LogP contribution in [0.1, 0.15) is 70.9 Å². The van der Waals surface area contributed by atoms with Gasteiger partial charge in [0.05, 0.1) is 136 Å². The van der Waals surface area contributed by atoms with Crippen LogP contribution in [0.25, 0.3) is 0 Å². The maximum atomic E-state index is 12.2. The van der Waals surface area contributed by atoms with Crippen LogP contribution in [0.5, 0.6) is 0 Å². The van der Waals surface area contributed by atoms with Gasteiger partial charge in [0.1, 0.15) is 6.61 Å². The Balaban J connectivity index is 0.755. The molecule has 2 fully saturated rings. The molecule has 0 bridgehead atoms. The maximum absolute atomic E-state index is 12.2. The van der Waals surface area contributed by atoms with Crippen LogP contribution in [-0.4, -0.2) is 210 Å². The van der Waals surface area contributed by atoms with Crippen LogP contribution in [0.15, 0.2) is 84.6 Å². The number of para-hydroxylation sites is 2. The van der Waals surface area contributed by atoms with Gasteiger partial charge in [-0.05, 0) is 44.4 Å². The van der Waals surface area contributed by atoms with Crippen LogP contribution in [0.3, 0.4) is 0 Å². The molecular formula is C61H93N6O13S+. The predicted molar refractivity (Wildman–Crippen MR) is 316 cm³/mol. The van der Waals surface area contributed by atoms with Gasteiger partial charge >= 0.3 is 6.03 Å². The number of unbranched alkanes of at least 4 members (excludes halogenated alkanes) is 1. The summed E-state index contributed by atoms with van der Waals surface area (Å²) >= 11 is 1.89. The lowest BCUT2D eigenvalue weighted by atomic mass is 9.81. The van der Waals surface area contributed by atoms with Gasteiger partial charge in [0.2, 0.25) is 17.5 Å². The molecule has 0 aromatic heterocycles. The zero-order chi connectivity index (χ0) is 57.4. The summed E-state index contributed by atoms with van der Waals surface area (Å²) in [6, 6.07) is 17.6. The van der Waals surface area contributed by atoms with Crippen molar-refractivity contribution in [1.82, 2.24) is 21.3 Å². The van der Waals surface area contributed by atoms with Gasteiger partial charge < -0.3 is 73.5 Å². The lowest BCUT2D eigenvalue weighted by Gasteiger charge is -2.27. The molecule has 4 N–H and O–H groups in total. The summed E-state index contributed by atoms with van der Waals surface area (Å²) in [5, 5.41) is 12.1. The normalized spacial score (nSPS) is 19.2. The van der Waals surface area contributed by atoms with E-state index in [1.165, 1.54) is 33.9 Å². The second-order valence-corrected chi connectivity index (χ2v) is 22.4. The van der Waals surface area contributed by atoms with Gasteiger partial charge in [-0.3, -0.25) is 9.59 Å². The number of ether oxygens (including phenoxy) is 10. The van der Waals surface area contributed by atoms with Crippen molar-refractivity contribution in [3.05, 3.63) is 95.7 Å². The Morgan fingerprint density at radius 1 is 0.630 bits per heavy atom. The Bertz CT molecular complexity index is 2330. The van der Waals surface area contributed by atoms with Crippen LogP contribution < -0.4 is 26.2 Å². The first kappa shape index (κ1) is 65.4. The zero-order valence-electron chi connectivity index (χ0n) is 48.9. The predicted octanol–water partition coefficient (Wildman–Crippen LogP) is 6.00. The number of amides is 4. The third-order valence-corrected chi connectivity index (χ3v) is 16.1. The Morgan fingerprint density at radius 3 is 1.84 bits per heavy atom. The average molecular weight is 1150 g/mol. The van der Waals surface area contributed by atoms with Crippen molar-refractivity contribution in [1.29, 1.82) is 0 Å². The summed E-state index contributed by atoms with van der Waals surface area (Å²) in [7, 11) is 1.66. The van der Waals surface area contributed by atoms with E-state index < -0.39 is 0 Å². The van der Waals surface area contributed by atoms with Crippen LogP contribution in [0.4, 0.5) is 16.2 Å². The molecule has 2 aromatic rings. The zero-order valence-corrected chi connectivity index (χ0v) is 49.7. The SMILES string of the molecule is COCCOCCOCCOCC[N+]1=C(\C=C/C=C\C=C2\N(CCOCCOCCOCCOCCC(=O)NCCOCCOCCNC(=O)CCCCC3SCC4NC(=O)NC43)c3ccccc3C2(C)C)C(C)(C)c2ccccc21. The minimum Gasteiger partial charge on any atom is -0.382 e. The minimum atomic E-state index is -0.186. The first-order valence-corrected chi connectivity index (χ1v) is 30.1. The number of thioether (sulfide) groups is 1. The van der Waals surface area contributed by atoms with Crippen molar-refractivity contribution >= 4 is 46.7 Å². The van der Waals surface area contributed by atoms with Gasteiger partial charge in [-0.2, -0.15) is 16.3 Å². The molecular weight excluding hydrogens is 1060 g/mol. The van der Waals surface area contributed by atoms with Gasteiger partial charge in [0.15, 0.2) is 12.3 Å². The van der Waals surface area contributed by atoms with Crippen molar-refractivity contribution < 1.29 is 66.3 Å². The van der Waals surface area contributed by atoms with E-state index in [1.807, 2.05) is 11.8 Å². The minimum absolute atomic E-state index is 0.0215. The molecule has 81 heavy (non-hydrogen) atoms. The number of methoxy groups -OCH3 is 1. The van der Waals surface area contributed by atoms with Crippen molar-refractivity contribution in [3.8, 4) is 0 Å². The third kappa shape index (κ3) is 21.8. The number of nitrogens with one attached hydrogen (secondary N) is 4. The van der Waals surface area contributed by atoms with Crippen LogP contribution in [-0.2, 0) is 67.8 Å². The fourth-order valence-electron chi connectivity index (χ4n) is 10.3. The summed E-state index contributed by atoms with van der Waals surface area (Å²) < 4.78 is 58.6. The van der Waals surface area contributed by atoms with Gasteiger partial charge in [-0.1, -0.05) is 74.9 Å². The highest BCUT2D eigenvalue weighted by atomic mass is 32.2. The summed E-state index contributed by atoms with van der Waals surface area (Å²) in [4.78, 5) is 38.2. The molecule has 20 heteroatoms. The first-order valence-electron chi connectivity index (χ1n) is 29.1. The molecule has 4 aliphatic rings. The molecule has 3 atom stereocenters. The molecule has 0 spiro atoms. The number of allylic oxidation sites excluding steroid dienone is 6. The highest BCUT2D eigenvalue weighted by molar-refractivity contribution is 8.00. The molecule has 2 aromatic carbocycles. The molecule has 4 heterocycles. The number of hydrogen-bond acceptors (Lipinski definition) is 15. The molecule has 4 amide bonds. The smallest absolute Gasteiger partial charge is 0.315 e. The molecule has 19 nitrogen and oxygen atoms in total. The summed E-state index contributed by atoms with van der Waals surface area (Å²) in [6.45, 7) is 20.3. The van der Waals surface area contributed by atoms with Crippen molar-refractivity contribution in [3.63, 3.8) is 0 Å². The summed E-state index contributed by atoms with van der Waals surface area (Å²) in [6.07, 6.45) is 14.4. The van der Waals surface area contributed by atoms with E-state index in [0.717, 1.165) is 31.6 Å². The molecule has 0 radical (unpaired) electrons. The number of benzene rings is 2. The van der Waals surface area contributed by atoms with E-state index in [4.69, 9.17) is 47.4 Å². The monoisotopic (exact) mass is 1150 g/mol. The van der Waals surface area contributed by atoms with Crippen molar-refractivity contribution in [2.45, 2.75) is 88.0 Å². The third-order valence-electron chi connectivity index (χ3n) is 14.6. The Labute approximate surface area is 485 Å². The molecule has 4 aliphatic heterocycles. The number of fused-ring (bicyclic) bond motifs is 3. The second kappa shape index (κ2) is 36.8. The maximum Gasteiger partial charge on any atom is 0.315 e. The fourth-order valence-corrected chi connectivity index (χ4v) is 11.9. The number of hydrogen-bond donors (Lipinski definition) is 4. The first-order chi connectivity index (χ1) is 39.5. The Kier molecular flexibility index (Phi) is 29.7. The van der Waals surface area contributed by atoms with Crippen LogP contribution >= 0.6 is 11.8 Å². The fraction of sp³-hybridized carbons (Fsp3) is 0.639. The number of carbonyl (C=O) groups excluding carboxylic acids is 3.